The maximum absolute atomic E-state index is 12.7. The van der Waals surface area contributed by atoms with Gasteiger partial charge in [-0.25, -0.2) is 17.4 Å². The lowest BCUT2D eigenvalue weighted by Crippen LogP contribution is -2.13. The maximum Gasteiger partial charge on any atom is 0.269 e. The average molecular weight is 353 g/mol. The molecule has 7 heteroatoms. The molecule has 0 radical (unpaired) electrons. The van der Waals surface area contributed by atoms with Crippen molar-refractivity contribution in [3.8, 4) is 11.4 Å². The molecule has 0 bridgehead atoms. The zero-order valence-electron chi connectivity index (χ0n) is 11.1. The van der Waals surface area contributed by atoms with Crippen LogP contribution >= 0.6 is 23.2 Å². The lowest BCUT2D eigenvalue weighted by Gasteiger charge is -2.11. The van der Waals surface area contributed by atoms with E-state index in [1.807, 2.05) is 0 Å². The highest BCUT2D eigenvalue weighted by atomic mass is 35.5. The first-order chi connectivity index (χ1) is 10.5. The predicted molar refractivity (Wildman–Crippen MR) is 86.7 cm³/mol. The largest absolute Gasteiger partial charge is 0.269 e. The van der Waals surface area contributed by atoms with Crippen molar-refractivity contribution in [2.45, 2.75) is 4.90 Å². The number of hydrogen-bond acceptors (Lipinski definition) is 3. The fourth-order valence-electron chi connectivity index (χ4n) is 2.08. The van der Waals surface area contributed by atoms with Crippen LogP contribution in [0.15, 0.2) is 65.8 Å². The van der Waals surface area contributed by atoms with Crippen LogP contribution in [-0.4, -0.2) is 17.4 Å². The molecule has 0 fully saturated rings. The van der Waals surface area contributed by atoms with Crippen LogP contribution in [0.5, 0.6) is 0 Å². The highest BCUT2D eigenvalue weighted by Crippen LogP contribution is 2.34. The molecule has 0 aliphatic rings. The molecule has 112 valence electrons. The second-order valence-electron chi connectivity index (χ2n) is 4.46. The van der Waals surface area contributed by atoms with E-state index in [1.165, 1.54) is 24.5 Å². The van der Waals surface area contributed by atoms with Gasteiger partial charge in [0.25, 0.3) is 10.0 Å². The molecule has 0 saturated heterocycles. The Morgan fingerprint density at radius 2 is 1.55 bits per heavy atom. The molecule has 3 aromatic rings. The van der Waals surface area contributed by atoms with Gasteiger partial charge in [-0.15, -0.1) is 0 Å². The van der Waals surface area contributed by atoms with Gasteiger partial charge in [-0.1, -0.05) is 47.5 Å². The van der Waals surface area contributed by atoms with Crippen molar-refractivity contribution in [2.75, 3.05) is 0 Å². The van der Waals surface area contributed by atoms with E-state index in [0.29, 0.717) is 15.6 Å². The van der Waals surface area contributed by atoms with E-state index in [9.17, 15) is 8.42 Å². The van der Waals surface area contributed by atoms with Gasteiger partial charge in [0.2, 0.25) is 0 Å². The Bertz CT molecular complexity index is 901. The minimum absolute atomic E-state index is 0.164. The Kier molecular flexibility index (Phi) is 3.95. The third-order valence-corrected chi connectivity index (χ3v) is 5.40. The van der Waals surface area contributed by atoms with Crippen LogP contribution in [0, 0.1) is 0 Å². The SMILES string of the molecule is O=S(=O)(c1ccccc1)n1ccnc1-c1c(Cl)cccc1Cl. The quantitative estimate of drug-likeness (QED) is 0.713. The second-order valence-corrected chi connectivity index (χ2v) is 7.09. The van der Waals surface area contributed by atoms with Gasteiger partial charge in [-0.2, -0.15) is 0 Å². The van der Waals surface area contributed by atoms with Crippen molar-refractivity contribution in [1.29, 1.82) is 0 Å². The Labute approximate surface area is 138 Å². The van der Waals surface area contributed by atoms with Crippen molar-refractivity contribution in [3.63, 3.8) is 0 Å². The van der Waals surface area contributed by atoms with E-state index in [2.05, 4.69) is 4.98 Å². The number of nitrogens with zero attached hydrogens (tertiary/aromatic N) is 2. The topological polar surface area (TPSA) is 52.0 Å². The third kappa shape index (κ3) is 2.52. The van der Waals surface area contributed by atoms with E-state index in [4.69, 9.17) is 23.2 Å². The Morgan fingerprint density at radius 1 is 0.909 bits per heavy atom. The van der Waals surface area contributed by atoms with E-state index in [1.54, 1.807) is 36.4 Å². The van der Waals surface area contributed by atoms with Gasteiger partial charge < -0.3 is 0 Å². The molecule has 0 spiro atoms. The molecule has 0 aliphatic heterocycles. The molecule has 1 heterocycles. The molecular formula is C15H10Cl2N2O2S. The fourth-order valence-corrected chi connectivity index (χ4v) is 3.95. The summed E-state index contributed by atoms with van der Waals surface area (Å²) in [5, 5.41) is 0.673. The van der Waals surface area contributed by atoms with Crippen LogP contribution < -0.4 is 0 Å². The second kappa shape index (κ2) is 5.76. The number of aromatic nitrogens is 2. The fraction of sp³-hybridized carbons (Fsp3) is 0. The molecule has 0 unspecified atom stereocenters. The van der Waals surface area contributed by atoms with Crippen LogP contribution in [0.1, 0.15) is 0 Å². The van der Waals surface area contributed by atoms with Crippen LogP contribution in [0.2, 0.25) is 10.0 Å². The normalized spacial score (nSPS) is 11.5. The van der Waals surface area contributed by atoms with Crippen LogP contribution in [0.4, 0.5) is 0 Å². The summed E-state index contributed by atoms with van der Waals surface area (Å²) in [6.07, 6.45) is 2.77. The Hall–Kier alpha value is -1.82. The van der Waals surface area contributed by atoms with E-state index in [0.717, 1.165) is 3.97 Å². The molecule has 3 rings (SSSR count). The molecular weight excluding hydrogens is 343 g/mol. The first kappa shape index (κ1) is 15.1. The number of imidazole rings is 1. The summed E-state index contributed by atoms with van der Waals surface area (Å²) in [7, 11) is -3.77. The summed E-state index contributed by atoms with van der Waals surface area (Å²) in [6, 6.07) is 13.1. The summed E-state index contributed by atoms with van der Waals surface area (Å²) in [5.41, 5.74) is 0.385. The highest BCUT2D eigenvalue weighted by molar-refractivity contribution is 7.90. The maximum atomic E-state index is 12.7. The van der Waals surface area contributed by atoms with Gasteiger partial charge in [0, 0.05) is 12.4 Å². The number of benzene rings is 2. The first-order valence-corrected chi connectivity index (χ1v) is 8.50. The zero-order chi connectivity index (χ0) is 15.7. The van der Waals surface area contributed by atoms with Crippen molar-refractivity contribution in [2.24, 2.45) is 0 Å². The Balaban J connectivity index is 2.23. The van der Waals surface area contributed by atoms with E-state index >= 15 is 0 Å². The third-order valence-electron chi connectivity index (χ3n) is 3.09. The van der Waals surface area contributed by atoms with Gasteiger partial charge in [0.1, 0.15) is 0 Å². The summed E-state index contributed by atoms with van der Waals surface area (Å²) < 4.78 is 26.6. The van der Waals surface area contributed by atoms with E-state index < -0.39 is 10.0 Å². The minimum Gasteiger partial charge on any atom is -0.236 e. The molecule has 0 saturated carbocycles. The first-order valence-electron chi connectivity index (χ1n) is 6.30. The molecule has 0 N–H and O–H groups in total. The highest BCUT2D eigenvalue weighted by Gasteiger charge is 2.23. The van der Waals surface area contributed by atoms with Gasteiger partial charge in [-0.3, -0.25) is 0 Å². The zero-order valence-corrected chi connectivity index (χ0v) is 13.5. The van der Waals surface area contributed by atoms with Crippen molar-refractivity contribution in [3.05, 3.63) is 71.0 Å². The molecule has 4 nitrogen and oxygen atoms in total. The standard InChI is InChI=1S/C15H10Cl2N2O2S/c16-12-7-4-8-13(17)14(12)15-18-9-10-19(15)22(20,21)11-5-2-1-3-6-11/h1-10H. The van der Waals surface area contributed by atoms with E-state index in [-0.39, 0.29) is 10.7 Å². The van der Waals surface area contributed by atoms with Crippen molar-refractivity contribution >= 4 is 33.2 Å². The van der Waals surface area contributed by atoms with Crippen LogP contribution in [0.25, 0.3) is 11.4 Å². The molecule has 0 aliphatic carbocycles. The molecule has 1 aromatic heterocycles. The molecule has 0 atom stereocenters. The van der Waals surface area contributed by atoms with Crippen molar-refractivity contribution < 1.29 is 8.42 Å². The van der Waals surface area contributed by atoms with Gasteiger partial charge in [-0.05, 0) is 24.3 Å². The number of hydrogen-bond donors (Lipinski definition) is 0. The summed E-state index contributed by atoms with van der Waals surface area (Å²) in [4.78, 5) is 4.28. The summed E-state index contributed by atoms with van der Waals surface area (Å²) in [5.74, 6) is 0.180. The lowest BCUT2D eigenvalue weighted by molar-refractivity contribution is 0.588. The monoisotopic (exact) mass is 352 g/mol. The minimum atomic E-state index is -3.77. The lowest BCUT2D eigenvalue weighted by atomic mass is 10.2. The van der Waals surface area contributed by atoms with Gasteiger partial charge >= 0.3 is 0 Å². The predicted octanol–water partition coefficient (Wildman–Crippen LogP) is 4.09. The molecule has 22 heavy (non-hydrogen) atoms. The number of rotatable bonds is 3. The van der Waals surface area contributed by atoms with Crippen LogP contribution in [0.3, 0.4) is 0 Å². The molecule has 0 amide bonds. The Morgan fingerprint density at radius 3 is 2.18 bits per heavy atom. The summed E-state index contributed by atoms with van der Waals surface area (Å²) >= 11 is 12.3. The van der Waals surface area contributed by atoms with Gasteiger partial charge in [0.15, 0.2) is 5.82 Å². The summed E-state index contributed by atoms with van der Waals surface area (Å²) in [6.45, 7) is 0. The average Bonchev–Trinajstić information content (AvgIpc) is 2.98. The smallest absolute Gasteiger partial charge is 0.236 e. The van der Waals surface area contributed by atoms with Gasteiger partial charge in [0.05, 0.1) is 20.5 Å². The van der Waals surface area contributed by atoms with Crippen LogP contribution in [-0.2, 0) is 10.0 Å². The molecule has 2 aromatic carbocycles. The van der Waals surface area contributed by atoms with Crippen molar-refractivity contribution in [1.82, 2.24) is 8.96 Å². The number of halogens is 2.